The van der Waals surface area contributed by atoms with Crippen LogP contribution in [0.2, 0.25) is 10.0 Å². The summed E-state index contributed by atoms with van der Waals surface area (Å²) < 4.78 is 0. The van der Waals surface area contributed by atoms with Crippen LogP contribution < -0.4 is 5.73 Å². The van der Waals surface area contributed by atoms with Crippen molar-refractivity contribution in [2.75, 3.05) is 19.6 Å². The van der Waals surface area contributed by atoms with Crippen molar-refractivity contribution >= 4 is 23.2 Å². The van der Waals surface area contributed by atoms with Gasteiger partial charge in [0.2, 0.25) is 0 Å². The summed E-state index contributed by atoms with van der Waals surface area (Å²) in [6.45, 7) is 7.35. The monoisotopic (exact) mass is 328 g/mol. The summed E-state index contributed by atoms with van der Waals surface area (Å²) in [5.74, 6) is 1.57. The zero-order chi connectivity index (χ0) is 15.4. The molecule has 0 amide bonds. The van der Waals surface area contributed by atoms with Gasteiger partial charge in [0.25, 0.3) is 0 Å². The smallest absolute Gasteiger partial charge is 0.0500 e. The van der Waals surface area contributed by atoms with E-state index in [1.807, 2.05) is 18.2 Å². The SMILES string of the molecule is CC(C)C1CCCN(C(CN)c2c(Cl)cccc2Cl)CC1. The normalized spacial score (nSPS) is 22.3. The second kappa shape index (κ2) is 7.82. The van der Waals surface area contributed by atoms with Gasteiger partial charge in [0.05, 0.1) is 0 Å². The van der Waals surface area contributed by atoms with Gasteiger partial charge in [0.1, 0.15) is 0 Å². The van der Waals surface area contributed by atoms with Gasteiger partial charge in [-0.1, -0.05) is 43.1 Å². The van der Waals surface area contributed by atoms with Crippen molar-refractivity contribution < 1.29 is 0 Å². The Morgan fingerprint density at radius 2 is 1.86 bits per heavy atom. The molecule has 4 heteroatoms. The standard InChI is InChI=1S/C17H26Cl2N2/c1-12(2)13-5-4-9-21(10-8-13)16(11-20)17-14(18)6-3-7-15(17)19/h3,6-7,12-13,16H,4-5,8-11,20H2,1-2H3. The lowest BCUT2D eigenvalue weighted by Gasteiger charge is -2.31. The summed E-state index contributed by atoms with van der Waals surface area (Å²) in [6.07, 6.45) is 3.76. The van der Waals surface area contributed by atoms with Crippen LogP contribution in [0, 0.1) is 11.8 Å². The van der Waals surface area contributed by atoms with E-state index in [9.17, 15) is 0 Å². The molecule has 118 valence electrons. The lowest BCUT2D eigenvalue weighted by molar-refractivity contribution is 0.204. The van der Waals surface area contributed by atoms with Gasteiger partial charge >= 0.3 is 0 Å². The molecule has 1 aliphatic rings. The fourth-order valence-corrected chi connectivity index (χ4v) is 4.05. The van der Waals surface area contributed by atoms with Crippen LogP contribution in [0.5, 0.6) is 0 Å². The summed E-state index contributed by atoms with van der Waals surface area (Å²) in [6, 6.07) is 5.82. The zero-order valence-corrected chi connectivity index (χ0v) is 14.5. The van der Waals surface area contributed by atoms with Gasteiger partial charge < -0.3 is 5.73 Å². The van der Waals surface area contributed by atoms with Crippen LogP contribution in [0.3, 0.4) is 0 Å². The van der Waals surface area contributed by atoms with Crippen molar-refractivity contribution in [2.45, 2.75) is 39.2 Å². The van der Waals surface area contributed by atoms with Crippen molar-refractivity contribution in [1.29, 1.82) is 0 Å². The average Bonchev–Trinajstić information content (AvgIpc) is 2.69. The molecule has 2 nitrogen and oxygen atoms in total. The summed E-state index contributed by atoms with van der Waals surface area (Å²) >= 11 is 12.8. The number of likely N-dealkylation sites (tertiary alicyclic amines) is 1. The first-order valence-electron chi connectivity index (χ1n) is 7.92. The van der Waals surface area contributed by atoms with Gasteiger partial charge in [0.15, 0.2) is 0 Å². The van der Waals surface area contributed by atoms with Crippen molar-refractivity contribution in [2.24, 2.45) is 17.6 Å². The first kappa shape index (κ1) is 17.1. The van der Waals surface area contributed by atoms with Crippen LogP contribution in [0.4, 0.5) is 0 Å². The van der Waals surface area contributed by atoms with Gasteiger partial charge in [-0.25, -0.2) is 0 Å². The van der Waals surface area contributed by atoms with Gasteiger partial charge in [-0.2, -0.15) is 0 Å². The highest BCUT2D eigenvalue weighted by atomic mass is 35.5. The molecule has 0 saturated carbocycles. The van der Waals surface area contributed by atoms with Gasteiger partial charge in [-0.3, -0.25) is 4.90 Å². The molecule has 1 saturated heterocycles. The molecule has 2 unspecified atom stereocenters. The van der Waals surface area contributed by atoms with Crippen molar-refractivity contribution in [1.82, 2.24) is 4.90 Å². The number of halogens is 2. The Labute approximate surface area is 138 Å². The summed E-state index contributed by atoms with van der Waals surface area (Å²) in [5.41, 5.74) is 7.05. The van der Waals surface area contributed by atoms with Crippen LogP contribution in [-0.2, 0) is 0 Å². The van der Waals surface area contributed by atoms with E-state index in [0.717, 1.165) is 40.5 Å². The Morgan fingerprint density at radius 1 is 1.19 bits per heavy atom. The molecule has 0 bridgehead atoms. The molecule has 1 aliphatic heterocycles. The highest BCUT2D eigenvalue weighted by molar-refractivity contribution is 6.36. The Kier molecular flexibility index (Phi) is 6.36. The fraction of sp³-hybridized carbons (Fsp3) is 0.647. The second-order valence-corrected chi connectivity index (χ2v) is 7.17. The lowest BCUT2D eigenvalue weighted by atomic mass is 9.89. The van der Waals surface area contributed by atoms with E-state index in [-0.39, 0.29) is 6.04 Å². The van der Waals surface area contributed by atoms with E-state index in [0.29, 0.717) is 6.54 Å². The number of hydrogen-bond donors (Lipinski definition) is 1. The molecule has 0 spiro atoms. The number of benzene rings is 1. The van der Waals surface area contributed by atoms with Crippen LogP contribution in [0.1, 0.15) is 44.7 Å². The topological polar surface area (TPSA) is 29.3 Å². The zero-order valence-electron chi connectivity index (χ0n) is 13.0. The molecule has 2 N–H and O–H groups in total. The van der Waals surface area contributed by atoms with Crippen molar-refractivity contribution in [3.8, 4) is 0 Å². The minimum absolute atomic E-state index is 0.122. The predicted molar refractivity (Wildman–Crippen MR) is 92.0 cm³/mol. The molecule has 1 aromatic carbocycles. The Bertz CT molecular complexity index is 442. The van der Waals surface area contributed by atoms with Crippen LogP contribution in [-0.4, -0.2) is 24.5 Å². The van der Waals surface area contributed by atoms with E-state index in [1.165, 1.54) is 19.3 Å². The first-order valence-corrected chi connectivity index (χ1v) is 8.68. The lowest BCUT2D eigenvalue weighted by Crippen LogP contribution is -2.35. The van der Waals surface area contributed by atoms with E-state index in [4.69, 9.17) is 28.9 Å². The third-order valence-electron chi connectivity index (χ3n) is 4.75. The number of nitrogens with zero attached hydrogens (tertiary/aromatic N) is 1. The summed E-state index contributed by atoms with van der Waals surface area (Å²) in [7, 11) is 0. The van der Waals surface area contributed by atoms with E-state index in [1.54, 1.807) is 0 Å². The van der Waals surface area contributed by atoms with Crippen molar-refractivity contribution in [3.05, 3.63) is 33.8 Å². The highest BCUT2D eigenvalue weighted by Crippen LogP contribution is 2.35. The van der Waals surface area contributed by atoms with Crippen molar-refractivity contribution in [3.63, 3.8) is 0 Å². The molecule has 21 heavy (non-hydrogen) atoms. The maximum Gasteiger partial charge on any atom is 0.0500 e. The molecule has 2 rings (SSSR count). The average molecular weight is 329 g/mol. The van der Waals surface area contributed by atoms with Crippen LogP contribution in [0.15, 0.2) is 18.2 Å². The minimum Gasteiger partial charge on any atom is -0.329 e. The molecule has 0 aliphatic carbocycles. The van der Waals surface area contributed by atoms with Crippen LogP contribution >= 0.6 is 23.2 Å². The molecule has 1 fully saturated rings. The highest BCUT2D eigenvalue weighted by Gasteiger charge is 2.27. The molecule has 0 aromatic heterocycles. The van der Waals surface area contributed by atoms with E-state index < -0.39 is 0 Å². The molecular formula is C17H26Cl2N2. The maximum absolute atomic E-state index is 6.38. The van der Waals surface area contributed by atoms with E-state index in [2.05, 4.69) is 18.7 Å². The predicted octanol–water partition coefficient (Wildman–Crippen LogP) is 4.75. The summed E-state index contributed by atoms with van der Waals surface area (Å²) in [4.78, 5) is 2.47. The van der Waals surface area contributed by atoms with Gasteiger partial charge in [-0.05, 0) is 56.3 Å². The quantitative estimate of drug-likeness (QED) is 0.863. The van der Waals surface area contributed by atoms with Crippen LogP contribution in [0.25, 0.3) is 0 Å². The number of rotatable bonds is 4. The largest absolute Gasteiger partial charge is 0.329 e. The third kappa shape index (κ3) is 4.13. The first-order chi connectivity index (χ1) is 10.0. The number of nitrogens with two attached hydrogens (primary N) is 1. The molecule has 2 atom stereocenters. The van der Waals surface area contributed by atoms with Gasteiger partial charge in [0, 0.05) is 28.2 Å². The molecule has 1 heterocycles. The Balaban J connectivity index is 2.18. The molecular weight excluding hydrogens is 303 g/mol. The van der Waals surface area contributed by atoms with E-state index >= 15 is 0 Å². The minimum atomic E-state index is 0.122. The number of hydrogen-bond acceptors (Lipinski definition) is 2. The second-order valence-electron chi connectivity index (χ2n) is 6.36. The fourth-order valence-electron chi connectivity index (χ4n) is 3.40. The molecule has 1 aromatic rings. The molecule has 0 radical (unpaired) electrons. The Morgan fingerprint density at radius 3 is 2.43 bits per heavy atom. The van der Waals surface area contributed by atoms with Gasteiger partial charge in [-0.15, -0.1) is 0 Å². The summed E-state index contributed by atoms with van der Waals surface area (Å²) in [5, 5.41) is 1.45. The third-order valence-corrected chi connectivity index (χ3v) is 5.41. The maximum atomic E-state index is 6.38. The Hall–Kier alpha value is -0.280.